The van der Waals surface area contributed by atoms with Crippen LogP contribution in [0.2, 0.25) is 0 Å². The predicted octanol–water partition coefficient (Wildman–Crippen LogP) is 6.40. The quantitative estimate of drug-likeness (QED) is 0.310. The van der Waals surface area contributed by atoms with Crippen LogP contribution in [0.3, 0.4) is 0 Å². The molecule has 10 heteroatoms. The first-order valence-electron chi connectivity index (χ1n) is 11.1. The van der Waals surface area contributed by atoms with E-state index < -0.39 is 41.5 Å². The summed E-state index contributed by atoms with van der Waals surface area (Å²) in [5, 5.41) is 5.41. The van der Waals surface area contributed by atoms with Crippen LogP contribution in [-0.2, 0) is 12.0 Å². The lowest BCUT2D eigenvalue weighted by Crippen LogP contribution is -2.52. The van der Waals surface area contributed by atoms with Gasteiger partial charge in [-0.1, -0.05) is 49.4 Å². The van der Waals surface area contributed by atoms with E-state index in [1.54, 1.807) is 30.3 Å². The summed E-state index contributed by atoms with van der Waals surface area (Å²) < 4.78 is 85.4. The summed E-state index contributed by atoms with van der Waals surface area (Å²) >= 11 is 0. The third-order valence-electron chi connectivity index (χ3n) is 5.38. The fraction of sp³-hybridized carbons (Fsp3) is 0.269. The van der Waals surface area contributed by atoms with Crippen LogP contribution in [0.5, 0.6) is 5.75 Å². The van der Waals surface area contributed by atoms with Crippen molar-refractivity contribution < 1.29 is 35.9 Å². The highest BCUT2D eigenvalue weighted by molar-refractivity contribution is 5.76. The fourth-order valence-electron chi connectivity index (χ4n) is 3.74. The molecule has 1 atom stereocenters. The van der Waals surface area contributed by atoms with Crippen LogP contribution in [0.4, 0.5) is 31.1 Å². The van der Waals surface area contributed by atoms with Gasteiger partial charge in [0.1, 0.15) is 17.4 Å². The molecule has 0 aliphatic carbocycles. The Hall–Kier alpha value is -3.69. The van der Waals surface area contributed by atoms with Crippen molar-refractivity contribution in [2.45, 2.75) is 37.8 Å². The van der Waals surface area contributed by atoms with Gasteiger partial charge in [-0.3, -0.25) is 0 Å². The molecular weight excluding hydrogens is 486 g/mol. The summed E-state index contributed by atoms with van der Waals surface area (Å²) in [6.07, 6.45) is -8.45. The predicted molar refractivity (Wildman–Crippen MR) is 122 cm³/mol. The molecule has 0 bridgehead atoms. The molecule has 192 valence electrons. The van der Waals surface area contributed by atoms with Gasteiger partial charge in [0.05, 0.1) is 5.54 Å². The Balaban J connectivity index is 2.23. The lowest BCUT2D eigenvalue weighted by molar-refractivity contribution is -0.253. The monoisotopic (exact) mass is 510 g/mol. The number of ether oxygens (including phenoxy) is 1. The van der Waals surface area contributed by atoms with Crippen molar-refractivity contribution in [2.24, 2.45) is 0 Å². The van der Waals surface area contributed by atoms with Gasteiger partial charge in [0.2, 0.25) is 0 Å². The third-order valence-corrected chi connectivity index (χ3v) is 5.38. The number of halogens is 6. The molecule has 4 nitrogen and oxygen atoms in total. The molecule has 0 radical (unpaired) electrons. The number of carbonyl (C=O) groups is 1. The van der Waals surface area contributed by atoms with Gasteiger partial charge < -0.3 is 15.4 Å². The van der Waals surface area contributed by atoms with Crippen molar-refractivity contribution in [3.63, 3.8) is 0 Å². The van der Waals surface area contributed by atoms with E-state index in [-0.39, 0.29) is 17.5 Å². The Morgan fingerprint density at radius 1 is 0.917 bits per heavy atom. The first-order valence-corrected chi connectivity index (χ1v) is 11.1. The van der Waals surface area contributed by atoms with Gasteiger partial charge >= 0.3 is 18.6 Å². The minimum absolute atomic E-state index is 0.0207. The van der Waals surface area contributed by atoms with Gasteiger partial charge in [-0.05, 0) is 47.4 Å². The summed E-state index contributed by atoms with van der Waals surface area (Å²) in [5.41, 5.74) is -0.767. The van der Waals surface area contributed by atoms with E-state index in [1.165, 1.54) is 12.1 Å². The number of urea groups is 1. The Morgan fingerprint density at radius 2 is 1.58 bits per heavy atom. The van der Waals surface area contributed by atoms with Crippen molar-refractivity contribution in [3.8, 4) is 5.75 Å². The second kappa shape index (κ2) is 11.4. The van der Waals surface area contributed by atoms with E-state index in [0.29, 0.717) is 24.6 Å². The number of rotatable bonds is 10. The summed E-state index contributed by atoms with van der Waals surface area (Å²) in [4.78, 5) is 12.9. The number of benzene rings is 3. The molecule has 0 heterocycles. The summed E-state index contributed by atoms with van der Waals surface area (Å²) in [6.45, 7) is 2.13. The first-order chi connectivity index (χ1) is 17.1. The molecule has 0 saturated carbocycles. The fourth-order valence-corrected chi connectivity index (χ4v) is 3.74. The number of alkyl halides is 4. The Morgan fingerprint density at radius 3 is 2.19 bits per heavy atom. The van der Waals surface area contributed by atoms with E-state index in [1.807, 2.05) is 6.92 Å². The van der Waals surface area contributed by atoms with Crippen LogP contribution < -0.4 is 15.4 Å². The number of nitrogens with one attached hydrogen (secondary N) is 2. The van der Waals surface area contributed by atoms with Gasteiger partial charge in [-0.2, -0.15) is 17.6 Å². The van der Waals surface area contributed by atoms with Crippen LogP contribution in [-0.4, -0.2) is 25.1 Å². The second-order valence-corrected chi connectivity index (χ2v) is 8.10. The average molecular weight is 510 g/mol. The lowest BCUT2D eigenvalue weighted by atomic mass is 9.77. The number of hydrogen-bond donors (Lipinski definition) is 2. The highest BCUT2D eigenvalue weighted by Gasteiger charge is 2.45. The first kappa shape index (κ1) is 26.9. The highest BCUT2D eigenvalue weighted by atomic mass is 19.3. The van der Waals surface area contributed by atoms with Crippen molar-refractivity contribution in [1.29, 1.82) is 0 Å². The maximum Gasteiger partial charge on any atom is 0.461 e. The standard InChI is InChI=1S/C26H24F6N2O2/c1-2-12-33-24(35)34-25(16-17-6-4-3-5-7-17,18-8-10-20(27)11-9-18)19-13-21(28)15-22(14-19)36-26(31,32)23(29)30/h3-11,13-15,23H,2,12,16H2,1H3,(H2,33,34,35). The van der Waals surface area contributed by atoms with Crippen LogP contribution >= 0.6 is 0 Å². The molecule has 0 aliphatic rings. The van der Waals surface area contributed by atoms with Gasteiger partial charge in [0.15, 0.2) is 0 Å². The zero-order valence-corrected chi connectivity index (χ0v) is 19.2. The van der Waals surface area contributed by atoms with Crippen molar-refractivity contribution in [3.05, 3.63) is 101 Å². The second-order valence-electron chi connectivity index (χ2n) is 8.10. The number of carbonyl (C=O) groups excluding carboxylic acids is 1. The van der Waals surface area contributed by atoms with E-state index in [9.17, 15) is 31.1 Å². The molecule has 0 saturated heterocycles. The molecule has 2 amide bonds. The van der Waals surface area contributed by atoms with Crippen LogP contribution in [0, 0.1) is 11.6 Å². The molecular formula is C26H24F6N2O2. The SMILES string of the molecule is CCCNC(=O)NC(Cc1ccccc1)(c1ccc(F)cc1)c1cc(F)cc(OC(F)(F)C(F)F)c1. The van der Waals surface area contributed by atoms with Gasteiger partial charge in [0.25, 0.3) is 0 Å². The van der Waals surface area contributed by atoms with Gasteiger partial charge in [-0.15, -0.1) is 0 Å². The molecule has 0 aliphatic heterocycles. The van der Waals surface area contributed by atoms with Crippen molar-refractivity contribution >= 4 is 6.03 Å². The molecule has 1 unspecified atom stereocenters. The molecule has 0 fully saturated rings. The Bertz CT molecular complexity index is 1160. The van der Waals surface area contributed by atoms with Crippen molar-refractivity contribution in [1.82, 2.24) is 10.6 Å². The molecule has 0 aromatic heterocycles. The molecule has 3 rings (SSSR count). The molecule has 36 heavy (non-hydrogen) atoms. The number of hydrogen-bond acceptors (Lipinski definition) is 2. The summed E-state index contributed by atoms with van der Waals surface area (Å²) in [7, 11) is 0. The van der Waals surface area contributed by atoms with Gasteiger partial charge in [-0.25, -0.2) is 13.6 Å². The van der Waals surface area contributed by atoms with Crippen molar-refractivity contribution in [2.75, 3.05) is 6.54 Å². The maximum absolute atomic E-state index is 14.7. The third kappa shape index (κ3) is 6.50. The van der Waals surface area contributed by atoms with Crippen LogP contribution in [0.15, 0.2) is 72.8 Å². The number of amides is 2. The normalized spacial score (nSPS) is 13.2. The smallest absolute Gasteiger partial charge is 0.428 e. The summed E-state index contributed by atoms with van der Waals surface area (Å²) in [5.74, 6) is -2.52. The van der Waals surface area contributed by atoms with E-state index in [0.717, 1.165) is 24.3 Å². The molecule has 2 N–H and O–H groups in total. The maximum atomic E-state index is 14.7. The van der Waals surface area contributed by atoms with E-state index in [2.05, 4.69) is 15.4 Å². The van der Waals surface area contributed by atoms with Crippen LogP contribution in [0.25, 0.3) is 0 Å². The Kier molecular flexibility index (Phi) is 8.49. The topological polar surface area (TPSA) is 50.4 Å². The lowest BCUT2D eigenvalue weighted by Gasteiger charge is -2.37. The van der Waals surface area contributed by atoms with Crippen LogP contribution in [0.1, 0.15) is 30.0 Å². The Labute approximate surface area is 204 Å². The largest absolute Gasteiger partial charge is 0.461 e. The minimum Gasteiger partial charge on any atom is -0.428 e. The van der Waals surface area contributed by atoms with E-state index in [4.69, 9.17) is 0 Å². The highest BCUT2D eigenvalue weighted by Crippen LogP contribution is 2.37. The van der Waals surface area contributed by atoms with Gasteiger partial charge in [0, 0.05) is 19.0 Å². The average Bonchev–Trinajstić information content (AvgIpc) is 2.82. The molecule has 3 aromatic carbocycles. The molecule has 3 aromatic rings. The minimum atomic E-state index is -4.88. The zero-order chi connectivity index (χ0) is 26.3. The summed E-state index contributed by atoms with van der Waals surface area (Å²) in [6, 6.07) is 15.4. The molecule has 0 spiro atoms. The zero-order valence-electron chi connectivity index (χ0n) is 19.2. The van der Waals surface area contributed by atoms with E-state index >= 15 is 0 Å².